The largest absolute Gasteiger partial charge is 0.395 e. The number of aliphatic hydroxyl groups excluding tert-OH is 1. The summed E-state index contributed by atoms with van der Waals surface area (Å²) in [4.78, 5) is 10.9. The minimum absolute atomic E-state index is 0. The van der Waals surface area contributed by atoms with Crippen molar-refractivity contribution in [2.24, 2.45) is 5.73 Å². The molecule has 0 spiro atoms. The van der Waals surface area contributed by atoms with Crippen molar-refractivity contribution in [3.63, 3.8) is 0 Å². The van der Waals surface area contributed by atoms with Crippen LogP contribution in [-0.2, 0) is 4.79 Å². The molecule has 0 atom stereocenters. The molecule has 4 nitrogen and oxygen atoms in total. The zero-order valence-electron chi connectivity index (χ0n) is 6.76. The van der Waals surface area contributed by atoms with Crippen LogP contribution < -0.4 is 11.1 Å². The molecule has 0 saturated heterocycles. The molecule has 0 aromatic carbocycles. The Hall–Kier alpha value is -0.320. The molecular weight excluding hydrogens is 168 g/mol. The molecule has 0 aliphatic rings. The molecule has 4 N–H and O–H groups in total. The molecule has 11 heavy (non-hydrogen) atoms. The van der Waals surface area contributed by atoms with Gasteiger partial charge >= 0.3 is 0 Å². The number of halogens is 1. The Labute approximate surface area is 72.6 Å². The van der Waals surface area contributed by atoms with Gasteiger partial charge in [-0.1, -0.05) is 0 Å². The van der Waals surface area contributed by atoms with E-state index in [4.69, 9.17) is 10.8 Å². The topological polar surface area (TPSA) is 75.4 Å². The fraction of sp³-hybridized carbons (Fsp3) is 0.833. The minimum atomic E-state index is -0.852. The van der Waals surface area contributed by atoms with Crippen molar-refractivity contribution >= 4 is 18.3 Å². The zero-order chi connectivity index (χ0) is 8.20. The van der Waals surface area contributed by atoms with Gasteiger partial charge in [-0.15, -0.1) is 12.4 Å². The van der Waals surface area contributed by atoms with Crippen molar-refractivity contribution in [1.29, 1.82) is 0 Å². The summed E-state index contributed by atoms with van der Waals surface area (Å²) in [6.45, 7) is 3.43. The number of nitrogens with one attached hydrogen (secondary N) is 1. The standard InChI is InChI=1S/C6H14N2O2.ClH/c1-6(2,7)5(10)8-3-4-9;/h9H,3-4,7H2,1-2H3,(H,8,10);1H. The first-order valence-corrected chi connectivity index (χ1v) is 3.16. The van der Waals surface area contributed by atoms with Crippen LogP contribution >= 0.6 is 12.4 Å². The fourth-order valence-corrected chi connectivity index (χ4v) is 0.397. The summed E-state index contributed by atoms with van der Waals surface area (Å²) in [6, 6.07) is 0. The first-order chi connectivity index (χ1) is 4.48. The lowest BCUT2D eigenvalue weighted by atomic mass is 10.1. The molecule has 68 valence electrons. The summed E-state index contributed by atoms with van der Waals surface area (Å²) in [5, 5.41) is 10.8. The van der Waals surface area contributed by atoms with Gasteiger partial charge in [-0.05, 0) is 13.8 Å². The monoisotopic (exact) mass is 182 g/mol. The van der Waals surface area contributed by atoms with Gasteiger partial charge < -0.3 is 16.2 Å². The second kappa shape index (κ2) is 5.35. The molecular formula is C6H15ClN2O2. The van der Waals surface area contributed by atoms with Crippen molar-refractivity contribution in [3.8, 4) is 0 Å². The lowest BCUT2D eigenvalue weighted by molar-refractivity contribution is -0.125. The highest BCUT2D eigenvalue weighted by molar-refractivity contribution is 5.85. The number of hydrogen-bond donors (Lipinski definition) is 3. The summed E-state index contributed by atoms with van der Waals surface area (Å²) in [7, 11) is 0. The second-order valence-electron chi connectivity index (χ2n) is 2.70. The molecule has 0 unspecified atom stereocenters. The Balaban J connectivity index is 0. The van der Waals surface area contributed by atoms with E-state index in [9.17, 15) is 4.79 Å². The molecule has 0 fully saturated rings. The van der Waals surface area contributed by atoms with E-state index < -0.39 is 5.54 Å². The first kappa shape index (κ1) is 13.3. The van der Waals surface area contributed by atoms with Gasteiger partial charge in [0.2, 0.25) is 5.91 Å². The SMILES string of the molecule is CC(C)(N)C(=O)NCCO.Cl. The molecule has 0 aliphatic carbocycles. The third-order valence-electron chi connectivity index (χ3n) is 0.983. The number of hydrogen-bond acceptors (Lipinski definition) is 3. The van der Waals surface area contributed by atoms with Gasteiger partial charge in [-0.25, -0.2) is 0 Å². The predicted molar refractivity (Wildman–Crippen MR) is 45.6 cm³/mol. The molecule has 0 heterocycles. The molecule has 1 amide bonds. The van der Waals surface area contributed by atoms with E-state index in [0.717, 1.165) is 0 Å². The van der Waals surface area contributed by atoms with E-state index in [1.807, 2.05) is 0 Å². The second-order valence-corrected chi connectivity index (χ2v) is 2.70. The third-order valence-corrected chi connectivity index (χ3v) is 0.983. The normalized spacial score (nSPS) is 10.2. The number of aliphatic hydroxyl groups is 1. The van der Waals surface area contributed by atoms with Crippen LogP contribution in [0.3, 0.4) is 0 Å². The molecule has 0 aromatic rings. The van der Waals surface area contributed by atoms with Gasteiger partial charge in [0.1, 0.15) is 0 Å². The third kappa shape index (κ3) is 6.09. The Morgan fingerprint density at radius 3 is 2.36 bits per heavy atom. The molecule has 0 radical (unpaired) electrons. The van der Waals surface area contributed by atoms with Crippen LogP contribution in [0.1, 0.15) is 13.8 Å². The highest BCUT2D eigenvalue weighted by Crippen LogP contribution is 1.94. The maximum Gasteiger partial charge on any atom is 0.239 e. The molecule has 0 rings (SSSR count). The number of nitrogens with two attached hydrogens (primary N) is 1. The summed E-state index contributed by atoms with van der Waals surface area (Å²) < 4.78 is 0. The molecule has 0 aromatic heterocycles. The maximum atomic E-state index is 10.9. The van der Waals surface area contributed by atoms with Crippen LogP contribution in [0.2, 0.25) is 0 Å². The van der Waals surface area contributed by atoms with Gasteiger partial charge in [-0.3, -0.25) is 4.79 Å². The first-order valence-electron chi connectivity index (χ1n) is 3.16. The van der Waals surface area contributed by atoms with Gasteiger partial charge in [0.05, 0.1) is 12.1 Å². The van der Waals surface area contributed by atoms with Crippen molar-refractivity contribution in [2.45, 2.75) is 19.4 Å². The van der Waals surface area contributed by atoms with E-state index in [0.29, 0.717) is 0 Å². The van der Waals surface area contributed by atoms with E-state index in [1.54, 1.807) is 13.8 Å². The predicted octanol–water partition coefficient (Wildman–Crippen LogP) is -0.746. The highest BCUT2D eigenvalue weighted by Gasteiger charge is 2.20. The lowest BCUT2D eigenvalue weighted by Crippen LogP contribution is -2.49. The summed E-state index contributed by atoms with van der Waals surface area (Å²) in [6.07, 6.45) is 0. The van der Waals surface area contributed by atoms with Crippen LogP contribution in [0.5, 0.6) is 0 Å². The number of carbonyl (C=O) groups excluding carboxylic acids is 1. The number of rotatable bonds is 3. The van der Waals surface area contributed by atoms with Crippen molar-refractivity contribution in [3.05, 3.63) is 0 Å². The summed E-state index contributed by atoms with van der Waals surface area (Å²) in [5.41, 5.74) is 4.57. The van der Waals surface area contributed by atoms with Crippen LogP contribution in [0.15, 0.2) is 0 Å². The maximum absolute atomic E-state index is 10.9. The fourth-order valence-electron chi connectivity index (χ4n) is 0.397. The van der Waals surface area contributed by atoms with Crippen LogP contribution in [0, 0.1) is 0 Å². The van der Waals surface area contributed by atoms with Crippen molar-refractivity contribution in [1.82, 2.24) is 5.32 Å². The molecule has 0 aliphatic heterocycles. The van der Waals surface area contributed by atoms with Crippen LogP contribution in [-0.4, -0.2) is 29.7 Å². The average Bonchev–Trinajstić information content (AvgIpc) is 1.80. The van der Waals surface area contributed by atoms with Gasteiger partial charge in [0, 0.05) is 6.54 Å². The molecule has 5 heteroatoms. The summed E-state index contributed by atoms with van der Waals surface area (Å²) in [5.74, 6) is -0.249. The van der Waals surface area contributed by atoms with Crippen LogP contribution in [0.4, 0.5) is 0 Å². The van der Waals surface area contributed by atoms with E-state index in [2.05, 4.69) is 5.32 Å². The summed E-state index contributed by atoms with van der Waals surface area (Å²) >= 11 is 0. The lowest BCUT2D eigenvalue weighted by Gasteiger charge is -2.16. The Bertz CT molecular complexity index is 122. The van der Waals surface area contributed by atoms with Crippen LogP contribution in [0.25, 0.3) is 0 Å². The number of amides is 1. The van der Waals surface area contributed by atoms with E-state index in [1.165, 1.54) is 0 Å². The van der Waals surface area contributed by atoms with E-state index >= 15 is 0 Å². The molecule has 0 bridgehead atoms. The van der Waals surface area contributed by atoms with E-state index in [-0.39, 0.29) is 31.5 Å². The Morgan fingerprint density at radius 2 is 2.09 bits per heavy atom. The quantitative estimate of drug-likeness (QED) is 0.538. The average molecular weight is 183 g/mol. The minimum Gasteiger partial charge on any atom is -0.395 e. The Morgan fingerprint density at radius 1 is 1.64 bits per heavy atom. The smallest absolute Gasteiger partial charge is 0.239 e. The molecule has 0 saturated carbocycles. The Kier molecular flexibility index (Phi) is 6.46. The van der Waals surface area contributed by atoms with Gasteiger partial charge in [0.15, 0.2) is 0 Å². The zero-order valence-corrected chi connectivity index (χ0v) is 7.57. The van der Waals surface area contributed by atoms with Gasteiger partial charge in [0.25, 0.3) is 0 Å². The van der Waals surface area contributed by atoms with Gasteiger partial charge in [-0.2, -0.15) is 0 Å². The number of carbonyl (C=O) groups is 1. The highest BCUT2D eigenvalue weighted by atomic mass is 35.5. The van der Waals surface area contributed by atoms with Crippen molar-refractivity contribution < 1.29 is 9.90 Å². The van der Waals surface area contributed by atoms with Crippen molar-refractivity contribution in [2.75, 3.05) is 13.2 Å².